The van der Waals surface area contributed by atoms with E-state index in [0.29, 0.717) is 23.2 Å². The highest BCUT2D eigenvalue weighted by molar-refractivity contribution is 7.23. The molecule has 8 heteroatoms. The highest BCUT2D eigenvalue weighted by Crippen LogP contribution is 2.61. The molecule has 4 aliphatic carbocycles. The molecule has 32 heavy (non-hydrogen) atoms. The Morgan fingerprint density at radius 2 is 1.78 bits per heavy atom. The van der Waals surface area contributed by atoms with Crippen molar-refractivity contribution >= 4 is 56.6 Å². The summed E-state index contributed by atoms with van der Waals surface area (Å²) in [4.78, 5) is 23.3. The fraction of sp³-hybridized carbons (Fsp3) is 0.667. The van der Waals surface area contributed by atoms with Crippen LogP contribution in [-0.2, 0) is 4.79 Å². The molecule has 6 rings (SSSR count). The van der Waals surface area contributed by atoms with Crippen LogP contribution in [0.1, 0.15) is 44.9 Å². The summed E-state index contributed by atoms with van der Waals surface area (Å²) in [6.07, 6.45) is 8.13. The van der Waals surface area contributed by atoms with E-state index in [9.17, 15) is 4.79 Å². The molecule has 1 heterocycles. The molecular weight excluding hydrogens is 465 g/mol. The molecule has 0 unspecified atom stereocenters. The topological polar surface area (TPSA) is 45.7 Å². The van der Waals surface area contributed by atoms with Gasteiger partial charge in [-0.2, -0.15) is 0 Å². The number of rotatable bonds is 7. The summed E-state index contributed by atoms with van der Waals surface area (Å²) >= 11 is 8.01. The van der Waals surface area contributed by atoms with Crippen molar-refractivity contribution < 1.29 is 9.53 Å². The second-order valence-electron chi connectivity index (χ2n) is 10.2. The molecule has 0 spiro atoms. The van der Waals surface area contributed by atoms with Crippen molar-refractivity contribution in [3.8, 4) is 5.75 Å². The van der Waals surface area contributed by atoms with Crippen molar-refractivity contribution in [3.05, 3.63) is 17.2 Å². The second kappa shape index (κ2) is 9.28. The lowest BCUT2D eigenvalue weighted by molar-refractivity contribution is -0.143. The van der Waals surface area contributed by atoms with Crippen molar-refractivity contribution in [3.63, 3.8) is 0 Å². The van der Waals surface area contributed by atoms with Gasteiger partial charge in [-0.05, 0) is 95.5 Å². The molecule has 0 N–H and O–H groups in total. The number of thiazole rings is 1. The number of amides is 1. The maximum absolute atomic E-state index is 14.2. The van der Waals surface area contributed by atoms with E-state index in [-0.39, 0.29) is 17.8 Å². The van der Waals surface area contributed by atoms with Crippen LogP contribution in [0, 0.1) is 23.2 Å². The van der Waals surface area contributed by atoms with Crippen molar-refractivity contribution in [1.82, 2.24) is 9.88 Å². The van der Waals surface area contributed by atoms with E-state index < -0.39 is 0 Å². The number of carbonyl (C=O) groups is 1. The summed E-state index contributed by atoms with van der Waals surface area (Å²) in [6, 6.07) is 3.70. The number of fused-ring (bicyclic) bond motifs is 1. The van der Waals surface area contributed by atoms with Crippen LogP contribution in [0.4, 0.5) is 5.13 Å². The van der Waals surface area contributed by atoms with Crippen LogP contribution >= 0.6 is 35.3 Å². The van der Waals surface area contributed by atoms with Crippen molar-refractivity contribution in [2.45, 2.75) is 44.9 Å². The normalized spacial score (nSPS) is 28.2. The first-order valence-corrected chi connectivity index (χ1v) is 12.7. The molecule has 1 aromatic heterocycles. The number of benzene rings is 1. The third-order valence-electron chi connectivity index (χ3n) is 7.62. The van der Waals surface area contributed by atoms with Gasteiger partial charge in [-0.3, -0.25) is 9.69 Å². The third kappa shape index (κ3) is 4.24. The largest absolute Gasteiger partial charge is 0.494 e. The fourth-order valence-electron chi connectivity index (χ4n) is 6.71. The average Bonchev–Trinajstić information content (AvgIpc) is 3.16. The van der Waals surface area contributed by atoms with E-state index in [1.807, 2.05) is 17.0 Å². The average molecular weight is 499 g/mol. The van der Waals surface area contributed by atoms with E-state index in [2.05, 4.69) is 19.0 Å². The molecule has 176 valence electrons. The standard InChI is InChI=1S/C24H32ClN3O2S.ClH/c1-27(2)7-4-8-28(23-26-20-19(30-3)6-5-18(25)21(20)31-23)22(29)24-12-15-9-16(13-24)11-17(10-15)14-24;/h5-6,15-17H,4,7-14H2,1-3H3;1H. The Morgan fingerprint density at radius 3 is 2.34 bits per heavy atom. The number of anilines is 1. The number of ether oxygens (including phenoxy) is 1. The van der Waals surface area contributed by atoms with Gasteiger partial charge in [-0.1, -0.05) is 22.9 Å². The molecule has 2 aromatic rings. The minimum Gasteiger partial charge on any atom is -0.494 e. The number of carbonyl (C=O) groups excluding carboxylic acids is 1. The number of hydrogen-bond donors (Lipinski definition) is 0. The highest BCUT2D eigenvalue weighted by Gasteiger charge is 2.56. The molecule has 4 saturated carbocycles. The summed E-state index contributed by atoms with van der Waals surface area (Å²) in [5.74, 6) is 3.23. The summed E-state index contributed by atoms with van der Waals surface area (Å²) in [7, 11) is 5.80. The lowest BCUT2D eigenvalue weighted by atomic mass is 9.49. The smallest absolute Gasteiger partial charge is 0.235 e. The maximum Gasteiger partial charge on any atom is 0.235 e. The molecule has 0 saturated heterocycles. The molecule has 5 nitrogen and oxygen atoms in total. The summed E-state index contributed by atoms with van der Waals surface area (Å²) in [6.45, 7) is 1.64. The van der Waals surface area contributed by atoms with Gasteiger partial charge in [0.25, 0.3) is 0 Å². The first-order valence-electron chi connectivity index (χ1n) is 11.5. The zero-order valence-corrected chi connectivity index (χ0v) is 21.5. The van der Waals surface area contributed by atoms with Crippen LogP contribution < -0.4 is 9.64 Å². The number of methoxy groups -OCH3 is 1. The van der Waals surface area contributed by atoms with Crippen LogP contribution in [0.5, 0.6) is 5.75 Å². The minimum atomic E-state index is -0.182. The minimum absolute atomic E-state index is 0. The Morgan fingerprint density at radius 1 is 1.16 bits per heavy atom. The summed E-state index contributed by atoms with van der Waals surface area (Å²) in [5.41, 5.74) is 0.574. The second-order valence-corrected chi connectivity index (χ2v) is 11.6. The number of hydrogen-bond acceptors (Lipinski definition) is 5. The molecular formula is C24H33Cl2N3O2S. The molecule has 4 bridgehead atoms. The van der Waals surface area contributed by atoms with Gasteiger partial charge in [0.1, 0.15) is 11.3 Å². The monoisotopic (exact) mass is 497 g/mol. The predicted molar refractivity (Wildman–Crippen MR) is 135 cm³/mol. The van der Waals surface area contributed by atoms with Gasteiger partial charge >= 0.3 is 0 Å². The Bertz CT molecular complexity index is 958. The predicted octanol–water partition coefficient (Wildman–Crippen LogP) is 5.88. The first-order chi connectivity index (χ1) is 14.9. The lowest BCUT2D eigenvalue weighted by Crippen LogP contribution is -2.55. The first kappa shape index (κ1) is 24.1. The molecule has 0 atom stereocenters. The summed E-state index contributed by atoms with van der Waals surface area (Å²) < 4.78 is 6.42. The van der Waals surface area contributed by atoms with Gasteiger partial charge in [0.2, 0.25) is 5.91 Å². The Hall–Kier alpha value is -1.08. The van der Waals surface area contributed by atoms with Crippen LogP contribution in [0.2, 0.25) is 5.02 Å². The van der Waals surface area contributed by atoms with Gasteiger partial charge in [-0.15, -0.1) is 12.4 Å². The SMILES string of the molecule is COc1ccc(Cl)c2sc(N(CCCN(C)C)C(=O)C34CC5CC(CC(C5)C3)C4)nc12.Cl. The maximum atomic E-state index is 14.2. The van der Waals surface area contributed by atoms with E-state index in [1.165, 1.54) is 30.6 Å². The number of halogens is 2. The van der Waals surface area contributed by atoms with Gasteiger partial charge < -0.3 is 9.64 Å². The zero-order valence-electron chi connectivity index (χ0n) is 19.1. The van der Waals surface area contributed by atoms with Crippen LogP contribution in [-0.4, -0.2) is 50.1 Å². The molecule has 4 aliphatic rings. The van der Waals surface area contributed by atoms with E-state index in [0.717, 1.165) is 65.3 Å². The van der Waals surface area contributed by atoms with Crippen LogP contribution in [0.25, 0.3) is 10.2 Å². The van der Waals surface area contributed by atoms with Gasteiger partial charge in [0.05, 0.1) is 22.2 Å². The molecule has 1 aromatic carbocycles. The van der Waals surface area contributed by atoms with Crippen molar-refractivity contribution in [2.75, 3.05) is 39.2 Å². The van der Waals surface area contributed by atoms with Gasteiger partial charge in [0.15, 0.2) is 5.13 Å². The highest BCUT2D eigenvalue weighted by atomic mass is 35.5. The lowest BCUT2D eigenvalue weighted by Gasteiger charge is -2.56. The summed E-state index contributed by atoms with van der Waals surface area (Å²) in [5, 5.41) is 1.43. The molecule has 4 fully saturated rings. The number of nitrogens with zero attached hydrogens (tertiary/aromatic N) is 3. The van der Waals surface area contributed by atoms with Crippen LogP contribution in [0.15, 0.2) is 12.1 Å². The molecule has 0 aliphatic heterocycles. The van der Waals surface area contributed by atoms with E-state index in [1.54, 1.807) is 7.11 Å². The molecule has 1 amide bonds. The van der Waals surface area contributed by atoms with Crippen molar-refractivity contribution in [1.29, 1.82) is 0 Å². The third-order valence-corrected chi connectivity index (χ3v) is 9.16. The van der Waals surface area contributed by atoms with Crippen LogP contribution in [0.3, 0.4) is 0 Å². The van der Waals surface area contributed by atoms with Gasteiger partial charge in [0, 0.05) is 6.54 Å². The quantitative estimate of drug-likeness (QED) is 0.478. The number of aromatic nitrogens is 1. The zero-order chi connectivity index (χ0) is 21.8. The van der Waals surface area contributed by atoms with Crippen molar-refractivity contribution in [2.24, 2.45) is 23.2 Å². The van der Waals surface area contributed by atoms with E-state index in [4.69, 9.17) is 21.3 Å². The van der Waals surface area contributed by atoms with Gasteiger partial charge in [-0.25, -0.2) is 4.98 Å². The van der Waals surface area contributed by atoms with E-state index >= 15 is 0 Å². The molecule has 0 radical (unpaired) electrons. The fourth-order valence-corrected chi connectivity index (χ4v) is 7.99. The Balaban J connectivity index is 0.00000245. The Kier molecular flexibility index (Phi) is 6.98. The Labute approximate surface area is 205 Å².